The smallest absolute Gasteiger partial charge is 0.246 e. The van der Waals surface area contributed by atoms with Crippen LogP contribution in [0.3, 0.4) is 0 Å². The highest BCUT2D eigenvalue weighted by Crippen LogP contribution is 2.37. The van der Waals surface area contributed by atoms with Gasteiger partial charge in [0.15, 0.2) is 0 Å². The fourth-order valence-corrected chi connectivity index (χ4v) is 3.20. The minimum Gasteiger partial charge on any atom is -0.381 e. The minimum atomic E-state index is 0.125. The quantitative estimate of drug-likeness (QED) is 0.774. The second-order valence-electron chi connectivity index (χ2n) is 5.91. The molecule has 3 heteroatoms. The average molecular weight is 271 g/mol. The van der Waals surface area contributed by atoms with E-state index < -0.39 is 0 Å². The zero-order valence-electron chi connectivity index (χ0n) is 11.8. The number of hydrogen-bond donors (Lipinski definition) is 0. The number of piperidine rings is 1. The predicted molar refractivity (Wildman–Crippen MR) is 79.2 cm³/mol. The lowest BCUT2D eigenvalue weighted by atomic mass is 9.79. The van der Waals surface area contributed by atoms with E-state index in [0.29, 0.717) is 0 Å². The van der Waals surface area contributed by atoms with Crippen LogP contribution in [0, 0.1) is 5.41 Å². The second-order valence-corrected chi connectivity index (χ2v) is 5.91. The first-order valence-electron chi connectivity index (χ1n) is 7.37. The number of benzene rings is 1. The number of rotatable bonds is 2. The standard InChI is InChI=1S/C17H21NO2/c19-16(8-7-15-5-2-1-3-6-15)18-11-4-9-17(13-18)10-12-20-14-17/h1-3,5-8H,4,9-14H2/b8-7+. The lowest BCUT2D eigenvalue weighted by Gasteiger charge is -2.39. The van der Waals surface area contributed by atoms with Crippen LogP contribution < -0.4 is 0 Å². The maximum atomic E-state index is 12.3. The van der Waals surface area contributed by atoms with Crippen LogP contribution in [0.25, 0.3) is 6.08 Å². The minimum absolute atomic E-state index is 0.125. The molecule has 0 N–H and O–H groups in total. The van der Waals surface area contributed by atoms with Crippen molar-refractivity contribution in [2.45, 2.75) is 19.3 Å². The Hall–Kier alpha value is -1.61. The first-order chi connectivity index (χ1) is 9.77. The van der Waals surface area contributed by atoms with Crippen molar-refractivity contribution in [1.29, 1.82) is 0 Å². The van der Waals surface area contributed by atoms with Gasteiger partial charge in [0, 0.05) is 31.2 Å². The van der Waals surface area contributed by atoms with Crippen molar-refractivity contribution < 1.29 is 9.53 Å². The molecule has 2 saturated heterocycles. The number of likely N-dealkylation sites (tertiary alicyclic amines) is 1. The van der Waals surface area contributed by atoms with Crippen molar-refractivity contribution in [1.82, 2.24) is 4.90 Å². The number of ether oxygens (including phenoxy) is 1. The third-order valence-corrected chi connectivity index (χ3v) is 4.38. The van der Waals surface area contributed by atoms with Gasteiger partial charge in [0.25, 0.3) is 0 Å². The van der Waals surface area contributed by atoms with Crippen molar-refractivity contribution in [2.24, 2.45) is 5.41 Å². The molecule has 3 rings (SSSR count). The Balaban J connectivity index is 1.63. The van der Waals surface area contributed by atoms with Gasteiger partial charge in [0.05, 0.1) is 6.61 Å². The third-order valence-electron chi connectivity index (χ3n) is 4.38. The van der Waals surface area contributed by atoms with Gasteiger partial charge in [0.1, 0.15) is 0 Å². The Kier molecular flexibility index (Phi) is 3.88. The summed E-state index contributed by atoms with van der Waals surface area (Å²) >= 11 is 0. The van der Waals surface area contributed by atoms with Crippen molar-refractivity contribution in [3.63, 3.8) is 0 Å². The molecule has 1 atom stereocenters. The Labute approximate surface area is 120 Å². The molecule has 106 valence electrons. The molecule has 0 aliphatic carbocycles. The van der Waals surface area contributed by atoms with E-state index in [1.807, 2.05) is 41.3 Å². The zero-order valence-corrected chi connectivity index (χ0v) is 11.8. The van der Waals surface area contributed by atoms with E-state index in [1.165, 1.54) is 6.42 Å². The largest absolute Gasteiger partial charge is 0.381 e. The first kappa shape index (κ1) is 13.4. The molecule has 0 radical (unpaired) electrons. The Morgan fingerprint density at radius 2 is 2.10 bits per heavy atom. The van der Waals surface area contributed by atoms with Gasteiger partial charge < -0.3 is 9.64 Å². The maximum absolute atomic E-state index is 12.3. The zero-order chi connectivity index (χ0) is 13.8. The fourth-order valence-electron chi connectivity index (χ4n) is 3.20. The summed E-state index contributed by atoms with van der Waals surface area (Å²) in [7, 11) is 0. The van der Waals surface area contributed by atoms with Crippen LogP contribution in [0.4, 0.5) is 0 Å². The van der Waals surface area contributed by atoms with Crippen molar-refractivity contribution in [3.05, 3.63) is 42.0 Å². The molecule has 1 aromatic rings. The average Bonchev–Trinajstić information content (AvgIpc) is 2.93. The lowest BCUT2D eigenvalue weighted by Crippen LogP contribution is -2.45. The summed E-state index contributed by atoms with van der Waals surface area (Å²) in [5.74, 6) is 0.125. The molecule has 1 aromatic carbocycles. The van der Waals surface area contributed by atoms with Crippen LogP contribution in [-0.4, -0.2) is 37.1 Å². The van der Waals surface area contributed by atoms with Gasteiger partial charge >= 0.3 is 0 Å². The van der Waals surface area contributed by atoms with Gasteiger partial charge in [-0.15, -0.1) is 0 Å². The van der Waals surface area contributed by atoms with Crippen LogP contribution in [0.5, 0.6) is 0 Å². The highest BCUT2D eigenvalue weighted by Gasteiger charge is 2.39. The van der Waals surface area contributed by atoms with Gasteiger partial charge in [-0.2, -0.15) is 0 Å². The molecule has 1 unspecified atom stereocenters. The van der Waals surface area contributed by atoms with Crippen molar-refractivity contribution in [3.8, 4) is 0 Å². The number of amides is 1. The summed E-state index contributed by atoms with van der Waals surface area (Å²) in [5, 5.41) is 0. The molecular weight excluding hydrogens is 250 g/mol. The van der Waals surface area contributed by atoms with E-state index in [2.05, 4.69) is 0 Å². The van der Waals surface area contributed by atoms with E-state index in [9.17, 15) is 4.79 Å². The molecule has 2 aliphatic heterocycles. The number of carbonyl (C=O) groups excluding carboxylic acids is 1. The summed E-state index contributed by atoms with van der Waals surface area (Å²) in [6, 6.07) is 9.96. The molecule has 2 aliphatic rings. The van der Waals surface area contributed by atoms with Gasteiger partial charge in [0.2, 0.25) is 5.91 Å². The van der Waals surface area contributed by atoms with E-state index >= 15 is 0 Å². The van der Waals surface area contributed by atoms with Gasteiger partial charge in [-0.3, -0.25) is 4.79 Å². The summed E-state index contributed by atoms with van der Waals surface area (Å²) in [6.07, 6.45) is 6.98. The Morgan fingerprint density at radius 3 is 2.85 bits per heavy atom. The monoisotopic (exact) mass is 271 g/mol. The van der Waals surface area contributed by atoms with Crippen LogP contribution in [0.2, 0.25) is 0 Å². The maximum Gasteiger partial charge on any atom is 0.246 e. The number of carbonyl (C=O) groups is 1. The molecule has 1 spiro atoms. The fraction of sp³-hybridized carbons (Fsp3) is 0.471. The molecular formula is C17H21NO2. The highest BCUT2D eigenvalue weighted by molar-refractivity contribution is 5.91. The molecule has 3 nitrogen and oxygen atoms in total. The summed E-state index contributed by atoms with van der Waals surface area (Å²) < 4.78 is 5.54. The molecule has 0 bridgehead atoms. The van der Waals surface area contributed by atoms with Gasteiger partial charge in [-0.1, -0.05) is 30.3 Å². The lowest BCUT2D eigenvalue weighted by molar-refractivity contribution is -0.129. The molecule has 0 saturated carbocycles. The van der Waals surface area contributed by atoms with Crippen LogP contribution in [0.1, 0.15) is 24.8 Å². The first-order valence-corrected chi connectivity index (χ1v) is 7.37. The Morgan fingerprint density at radius 1 is 1.25 bits per heavy atom. The van der Waals surface area contributed by atoms with E-state index in [1.54, 1.807) is 6.08 Å². The SMILES string of the molecule is O=C(/C=C/c1ccccc1)N1CCCC2(CCOC2)C1. The van der Waals surface area contributed by atoms with E-state index in [-0.39, 0.29) is 11.3 Å². The second kappa shape index (κ2) is 5.80. The summed E-state index contributed by atoms with van der Waals surface area (Å²) in [4.78, 5) is 14.3. The third kappa shape index (κ3) is 2.93. The number of hydrogen-bond acceptors (Lipinski definition) is 2. The van der Waals surface area contributed by atoms with Crippen molar-refractivity contribution >= 4 is 12.0 Å². The van der Waals surface area contributed by atoms with Crippen LogP contribution >= 0.6 is 0 Å². The van der Waals surface area contributed by atoms with Crippen LogP contribution in [-0.2, 0) is 9.53 Å². The van der Waals surface area contributed by atoms with Crippen LogP contribution in [0.15, 0.2) is 36.4 Å². The summed E-state index contributed by atoms with van der Waals surface area (Å²) in [5.41, 5.74) is 1.30. The van der Waals surface area contributed by atoms with Gasteiger partial charge in [-0.25, -0.2) is 0 Å². The van der Waals surface area contributed by atoms with Gasteiger partial charge in [-0.05, 0) is 30.9 Å². The van der Waals surface area contributed by atoms with E-state index in [0.717, 1.165) is 44.7 Å². The van der Waals surface area contributed by atoms with E-state index in [4.69, 9.17) is 4.74 Å². The Bertz CT molecular complexity index is 489. The molecule has 20 heavy (non-hydrogen) atoms. The molecule has 2 fully saturated rings. The molecule has 0 aromatic heterocycles. The van der Waals surface area contributed by atoms with Crippen molar-refractivity contribution in [2.75, 3.05) is 26.3 Å². The highest BCUT2D eigenvalue weighted by atomic mass is 16.5. The normalized spacial score (nSPS) is 26.5. The predicted octanol–water partition coefficient (Wildman–Crippen LogP) is 2.73. The molecule has 2 heterocycles. The summed E-state index contributed by atoms with van der Waals surface area (Å²) in [6.45, 7) is 3.39. The topological polar surface area (TPSA) is 29.5 Å². The number of nitrogens with zero attached hydrogens (tertiary/aromatic N) is 1. The molecule has 1 amide bonds.